The zero-order valence-electron chi connectivity index (χ0n) is 12.0. The Labute approximate surface area is 137 Å². The normalized spacial score (nSPS) is 10.3. The van der Waals surface area contributed by atoms with Crippen molar-refractivity contribution in [3.63, 3.8) is 0 Å². The van der Waals surface area contributed by atoms with Crippen LogP contribution >= 0.6 is 11.6 Å². The molecule has 0 atom stereocenters. The van der Waals surface area contributed by atoms with Crippen LogP contribution in [0.25, 0.3) is 0 Å². The molecule has 0 aliphatic carbocycles. The molecular weight excluding hydrogens is 316 g/mol. The lowest BCUT2D eigenvalue weighted by Crippen LogP contribution is -2.14. The van der Waals surface area contributed by atoms with Crippen LogP contribution in [0.15, 0.2) is 59.2 Å². The Morgan fingerprint density at radius 2 is 1.83 bits per heavy atom. The first-order chi connectivity index (χ1) is 11.2. The fourth-order valence-corrected chi connectivity index (χ4v) is 2.13. The minimum absolute atomic E-state index is 0.332. The van der Waals surface area contributed by atoms with Gasteiger partial charge >= 0.3 is 0 Å². The number of benzene rings is 1. The number of furan rings is 1. The van der Waals surface area contributed by atoms with Gasteiger partial charge in [0.05, 0.1) is 23.4 Å². The van der Waals surface area contributed by atoms with Crippen LogP contribution in [-0.4, -0.2) is 16.1 Å². The number of anilines is 2. The second-order valence-electron chi connectivity index (χ2n) is 4.67. The molecular formula is C16H13ClN4O2. The molecule has 116 valence electrons. The molecule has 2 heterocycles. The van der Waals surface area contributed by atoms with E-state index in [1.807, 2.05) is 12.1 Å². The smallest absolute Gasteiger partial charge is 0.258 e. The van der Waals surface area contributed by atoms with Crippen LogP contribution < -0.4 is 10.6 Å². The van der Waals surface area contributed by atoms with E-state index in [4.69, 9.17) is 16.0 Å². The van der Waals surface area contributed by atoms with E-state index >= 15 is 0 Å². The van der Waals surface area contributed by atoms with Crippen molar-refractivity contribution in [3.05, 3.63) is 71.1 Å². The monoisotopic (exact) mass is 328 g/mol. The predicted molar refractivity (Wildman–Crippen MR) is 87.5 cm³/mol. The third-order valence-corrected chi connectivity index (χ3v) is 3.38. The second kappa shape index (κ2) is 6.93. The highest BCUT2D eigenvalue weighted by atomic mass is 35.5. The van der Waals surface area contributed by atoms with Crippen molar-refractivity contribution in [1.29, 1.82) is 0 Å². The molecule has 0 bridgehead atoms. The van der Waals surface area contributed by atoms with E-state index in [1.165, 1.54) is 0 Å². The van der Waals surface area contributed by atoms with Gasteiger partial charge in [0, 0.05) is 0 Å². The molecule has 2 N–H and O–H groups in total. The lowest BCUT2D eigenvalue weighted by atomic mass is 10.2. The van der Waals surface area contributed by atoms with Gasteiger partial charge in [-0.1, -0.05) is 23.7 Å². The van der Waals surface area contributed by atoms with Crippen LogP contribution in [0, 0.1) is 0 Å². The molecule has 23 heavy (non-hydrogen) atoms. The maximum absolute atomic E-state index is 12.1. The Balaban J connectivity index is 1.61. The summed E-state index contributed by atoms with van der Waals surface area (Å²) in [4.78, 5) is 12.1. The van der Waals surface area contributed by atoms with Gasteiger partial charge in [-0.05, 0) is 36.4 Å². The molecule has 0 spiro atoms. The van der Waals surface area contributed by atoms with Gasteiger partial charge in [0.15, 0.2) is 5.82 Å². The highest BCUT2D eigenvalue weighted by Gasteiger charge is 2.10. The van der Waals surface area contributed by atoms with Crippen LogP contribution in [0.3, 0.4) is 0 Å². The van der Waals surface area contributed by atoms with Crippen molar-refractivity contribution in [3.8, 4) is 0 Å². The summed E-state index contributed by atoms with van der Waals surface area (Å²) in [7, 11) is 0. The molecule has 1 amide bonds. The van der Waals surface area contributed by atoms with E-state index in [0.29, 0.717) is 28.8 Å². The van der Waals surface area contributed by atoms with Crippen LogP contribution in [0.4, 0.5) is 11.6 Å². The fourth-order valence-electron chi connectivity index (χ4n) is 1.91. The number of nitrogens with zero attached hydrogens (tertiary/aromatic N) is 2. The molecule has 0 saturated heterocycles. The van der Waals surface area contributed by atoms with Crippen molar-refractivity contribution in [2.24, 2.45) is 0 Å². The van der Waals surface area contributed by atoms with Crippen LogP contribution in [0.2, 0.25) is 5.02 Å². The lowest BCUT2D eigenvalue weighted by molar-refractivity contribution is 0.102. The van der Waals surface area contributed by atoms with Gasteiger partial charge in [0.2, 0.25) is 0 Å². The maximum Gasteiger partial charge on any atom is 0.258 e. The minimum Gasteiger partial charge on any atom is -0.467 e. The summed E-state index contributed by atoms with van der Waals surface area (Å²) in [5.41, 5.74) is 0.385. The zero-order valence-corrected chi connectivity index (χ0v) is 12.7. The van der Waals surface area contributed by atoms with Crippen molar-refractivity contribution in [1.82, 2.24) is 10.2 Å². The molecule has 0 radical (unpaired) electrons. The fraction of sp³-hybridized carbons (Fsp3) is 0.0625. The van der Waals surface area contributed by atoms with Crippen molar-refractivity contribution in [2.45, 2.75) is 6.54 Å². The number of amides is 1. The molecule has 3 aromatic rings. The molecule has 0 saturated carbocycles. The molecule has 0 aliphatic heterocycles. The van der Waals surface area contributed by atoms with Gasteiger partial charge in [-0.15, -0.1) is 10.2 Å². The number of hydrogen-bond donors (Lipinski definition) is 2. The summed E-state index contributed by atoms with van der Waals surface area (Å²) < 4.78 is 5.21. The number of halogens is 1. The molecule has 0 aliphatic rings. The van der Waals surface area contributed by atoms with Crippen molar-refractivity contribution < 1.29 is 9.21 Å². The van der Waals surface area contributed by atoms with Crippen LogP contribution in [0.1, 0.15) is 16.1 Å². The Bertz CT molecular complexity index is 788. The number of carbonyl (C=O) groups is 1. The first kappa shape index (κ1) is 15.1. The van der Waals surface area contributed by atoms with E-state index < -0.39 is 0 Å². The quantitative estimate of drug-likeness (QED) is 0.748. The van der Waals surface area contributed by atoms with Gasteiger partial charge in [0.25, 0.3) is 5.91 Å². The van der Waals surface area contributed by atoms with E-state index in [-0.39, 0.29) is 5.91 Å². The molecule has 6 nitrogen and oxygen atoms in total. The third kappa shape index (κ3) is 3.87. The number of hydrogen-bond acceptors (Lipinski definition) is 5. The summed E-state index contributed by atoms with van der Waals surface area (Å²) in [5, 5.41) is 14.1. The summed E-state index contributed by atoms with van der Waals surface area (Å²) >= 11 is 5.98. The number of carbonyl (C=O) groups excluding carboxylic acids is 1. The average Bonchev–Trinajstić information content (AvgIpc) is 3.08. The van der Waals surface area contributed by atoms with E-state index in [0.717, 1.165) is 5.76 Å². The second-order valence-corrected chi connectivity index (χ2v) is 5.08. The summed E-state index contributed by atoms with van der Waals surface area (Å²) in [6.45, 7) is 0.507. The molecule has 3 rings (SSSR count). The van der Waals surface area contributed by atoms with E-state index in [2.05, 4.69) is 20.8 Å². The molecule has 0 fully saturated rings. The number of nitrogens with one attached hydrogen (secondary N) is 2. The number of rotatable bonds is 5. The first-order valence-electron chi connectivity index (χ1n) is 6.88. The van der Waals surface area contributed by atoms with Crippen molar-refractivity contribution in [2.75, 3.05) is 10.6 Å². The SMILES string of the molecule is O=C(Nc1ccc(NCc2ccco2)nn1)c1ccccc1Cl. The van der Waals surface area contributed by atoms with Gasteiger partial charge in [-0.25, -0.2) is 0 Å². The number of aromatic nitrogens is 2. The molecule has 0 unspecified atom stereocenters. The Morgan fingerprint density at radius 1 is 1.04 bits per heavy atom. The van der Waals surface area contributed by atoms with Gasteiger partial charge in [-0.3, -0.25) is 4.79 Å². The van der Waals surface area contributed by atoms with Gasteiger partial charge < -0.3 is 15.1 Å². The molecule has 7 heteroatoms. The summed E-state index contributed by atoms with van der Waals surface area (Å²) in [6.07, 6.45) is 1.61. The maximum atomic E-state index is 12.1. The lowest BCUT2D eigenvalue weighted by Gasteiger charge is -2.06. The van der Waals surface area contributed by atoms with Crippen LogP contribution in [0.5, 0.6) is 0 Å². The van der Waals surface area contributed by atoms with Gasteiger partial charge in [-0.2, -0.15) is 0 Å². The Morgan fingerprint density at radius 3 is 2.52 bits per heavy atom. The van der Waals surface area contributed by atoms with Crippen molar-refractivity contribution >= 4 is 29.1 Å². The van der Waals surface area contributed by atoms with E-state index in [1.54, 1.807) is 42.7 Å². The largest absolute Gasteiger partial charge is 0.467 e. The highest BCUT2D eigenvalue weighted by molar-refractivity contribution is 6.34. The van der Waals surface area contributed by atoms with Crippen LogP contribution in [-0.2, 0) is 6.54 Å². The summed E-state index contributed by atoms with van der Waals surface area (Å²) in [5.74, 6) is 1.39. The summed E-state index contributed by atoms with van der Waals surface area (Å²) in [6, 6.07) is 13.9. The predicted octanol–water partition coefficient (Wildman–Crippen LogP) is 3.59. The Hall–Kier alpha value is -2.86. The average molecular weight is 329 g/mol. The Kier molecular flexibility index (Phi) is 4.54. The topological polar surface area (TPSA) is 80.0 Å². The molecule has 2 aromatic heterocycles. The van der Waals surface area contributed by atoms with Gasteiger partial charge in [0.1, 0.15) is 11.6 Å². The van der Waals surface area contributed by atoms with E-state index in [9.17, 15) is 4.79 Å². The highest BCUT2D eigenvalue weighted by Crippen LogP contribution is 2.16. The third-order valence-electron chi connectivity index (χ3n) is 3.05. The zero-order chi connectivity index (χ0) is 16.1. The minimum atomic E-state index is -0.332. The standard InChI is InChI=1S/C16H13ClN4O2/c17-13-6-2-1-5-12(13)16(22)19-15-8-7-14(20-21-15)18-10-11-4-3-9-23-11/h1-9H,10H2,(H,18,20)(H,19,21,22). The first-order valence-corrected chi connectivity index (χ1v) is 7.26. The molecule has 1 aromatic carbocycles.